The average Bonchev–Trinajstić information content (AvgIpc) is 2.87. The predicted molar refractivity (Wildman–Crippen MR) is 72.7 cm³/mol. The van der Waals surface area contributed by atoms with Crippen LogP contribution in [0.4, 0.5) is 5.95 Å². The lowest BCUT2D eigenvalue weighted by atomic mass is 10.4. The Morgan fingerprint density at radius 2 is 2.15 bits per heavy atom. The Balaban J connectivity index is 1.82. The summed E-state index contributed by atoms with van der Waals surface area (Å²) < 4.78 is 1.49. The number of hydrogen-bond acceptors (Lipinski definition) is 6. The maximum absolute atomic E-state index is 11.8. The van der Waals surface area contributed by atoms with Gasteiger partial charge in [0.25, 0.3) is 0 Å². The second-order valence-electron chi connectivity index (χ2n) is 4.20. The number of carbonyl (C=O) groups is 1. The molecular weight excluding hydrogens is 258 g/mol. The van der Waals surface area contributed by atoms with Crippen molar-refractivity contribution < 1.29 is 4.79 Å². The normalized spacial score (nSPS) is 10.4. The summed E-state index contributed by atoms with van der Waals surface area (Å²) in [5, 5.41) is 13.7. The highest BCUT2D eigenvalue weighted by atomic mass is 16.2. The van der Waals surface area contributed by atoms with Gasteiger partial charge < -0.3 is 5.32 Å². The fourth-order valence-corrected chi connectivity index (χ4v) is 1.57. The predicted octanol–water partition coefficient (Wildman–Crippen LogP) is 0.206. The molecule has 2 heterocycles. The third kappa shape index (κ3) is 4.39. The lowest BCUT2D eigenvalue weighted by molar-refractivity contribution is -0.117. The summed E-state index contributed by atoms with van der Waals surface area (Å²) in [5.41, 5.74) is 0.808. The summed E-state index contributed by atoms with van der Waals surface area (Å²) in [6, 6.07) is 1.68. The molecule has 0 aliphatic heterocycles. The summed E-state index contributed by atoms with van der Waals surface area (Å²) in [6.07, 6.45) is 5.94. The van der Waals surface area contributed by atoms with E-state index in [2.05, 4.69) is 37.8 Å². The Bertz CT molecular complexity index is 540. The van der Waals surface area contributed by atoms with Crippen molar-refractivity contribution in [1.82, 2.24) is 30.3 Å². The van der Waals surface area contributed by atoms with Crippen LogP contribution in [0.3, 0.4) is 0 Å². The van der Waals surface area contributed by atoms with Gasteiger partial charge in [-0.05, 0) is 19.0 Å². The molecule has 0 saturated carbocycles. The van der Waals surface area contributed by atoms with Crippen LogP contribution in [-0.4, -0.2) is 37.4 Å². The van der Waals surface area contributed by atoms with Gasteiger partial charge >= 0.3 is 0 Å². The molecule has 1 amide bonds. The standard InChI is InChI=1S/C12H17N7O/c1-2-4-13-7-10-8-19(18-17-10)9-11(20)16-12-14-5-3-6-15-12/h3,5-6,8,13H,2,4,7,9H2,1H3,(H,14,15,16,20). The molecule has 0 radical (unpaired) electrons. The highest BCUT2D eigenvalue weighted by Gasteiger charge is 2.07. The first-order chi connectivity index (χ1) is 9.78. The lowest BCUT2D eigenvalue weighted by Crippen LogP contribution is -2.20. The Kier molecular flexibility index (Phi) is 5.13. The second kappa shape index (κ2) is 7.29. The van der Waals surface area contributed by atoms with Gasteiger partial charge in [0.05, 0.1) is 11.9 Å². The molecule has 0 spiro atoms. The summed E-state index contributed by atoms with van der Waals surface area (Å²) in [4.78, 5) is 19.6. The van der Waals surface area contributed by atoms with Gasteiger partial charge in [0.2, 0.25) is 11.9 Å². The number of hydrogen-bond donors (Lipinski definition) is 2. The summed E-state index contributed by atoms with van der Waals surface area (Å²) in [7, 11) is 0. The molecule has 2 N–H and O–H groups in total. The van der Waals surface area contributed by atoms with Crippen molar-refractivity contribution in [3.63, 3.8) is 0 Å². The van der Waals surface area contributed by atoms with Crippen LogP contribution in [0.25, 0.3) is 0 Å². The molecule has 0 bridgehead atoms. The van der Waals surface area contributed by atoms with E-state index in [1.54, 1.807) is 24.7 Å². The van der Waals surface area contributed by atoms with Crippen molar-refractivity contribution in [2.45, 2.75) is 26.4 Å². The minimum absolute atomic E-state index is 0.0824. The number of amides is 1. The zero-order valence-corrected chi connectivity index (χ0v) is 11.3. The topological polar surface area (TPSA) is 97.6 Å². The van der Waals surface area contributed by atoms with Crippen LogP contribution in [-0.2, 0) is 17.9 Å². The Morgan fingerprint density at radius 1 is 1.35 bits per heavy atom. The number of nitrogens with one attached hydrogen (secondary N) is 2. The van der Waals surface area contributed by atoms with Crippen LogP contribution in [0.15, 0.2) is 24.7 Å². The van der Waals surface area contributed by atoms with Crippen LogP contribution < -0.4 is 10.6 Å². The monoisotopic (exact) mass is 275 g/mol. The molecule has 0 saturated heterocycles. The van der Waals surface area contributed by atoms with Gasteiger partial charge in [0.1, 0.15) is 6.54 Å². The van der Waals surface area contributed by atoms with Crippen molar-refractivity contribution in [3.05, 3.63) is 30.4 Å². The number of nitrogens with zero attached hydrogens (tertiary/aromatic N) is 5. The molecule has 0 aliphatic carbocycles. The van der Waals surface area contributed by atoms with Gasteiger partial charge in [0.15, 0.2) is 0 Å². The van der Waals surface area contributed by atoms with Crippen LogP contribution >= 0.6 is 0 Å². The van der Waals surface area contributed by atoms with Crippen LogP contribution in [0.2, 0.25) is 0 Å². The van der Waals surface area contributed by atoms with E-state index in [1.807, 2.05) is 0 Å². The molecule has 0 aliphatic rings. The Morgan fingerprint density at radius 3 is 2.90 bits per heavy atom. The summed E-state index contributed by atoms with van der Waals surface area (Å²) >= 11 is 0. The third-order valence-corrected chi connectivity index (χ3v) is 2.44. The minimum atomic E-state index is -0.242. The summed E-state index contributed by atoms with van der Waals surface area (Å²) in [5.74, 6) is 0.0385. The minimum Gasteiger partial charge on any atom is -0.311 e. The lowest BCUT2D eigenvalue weighted by Gasteiger charge is -2.02. The van der Waals surface area contributed by atoms with Gasteiger partial charge in [-0.25, -0.2) is 14.6 Å². The molecule has 8 nitrogen and oxygen atoms in total. The van der Waals surface area contributed by atoms with E-state index >= 15 is 0 Å². The van der Waals surface area contributed by atoms with Crippen molar-refractivity contribution in [3.8, 4) is 0 Å². The number of carbonyl (C=O) groups excluding carboxylic acids is 1. The molecule has 2 rings (SSSR count). The van der Waals surface area contributed by atoms with E-state index in [0.717, 1.165) is 18.7 Å². The van der Waals surface area contributed by atoms with E-state index in [1.165, 1.54) is 4.68 Å². The van der Waals surface area contributed by atoms with Crippen molar-refractivity contribution in [1.29, 1.82) is 0 Å². The van der Waals surface area contributed by atoms with Crippen molar-refractivity contribution >= 4 is 11.9 Å². The molecule has 2 aromatic rings. The van der Waals surface area contributed by atoms with Gasteiger partial charge in [0, 0.05) is 18.9 Å². The molecule has 20 heavy (non-hydrogen) atoms. The van der Waals surface area contributed by atoms with Crippen LogP contribution in [0.5, 0.6) is 0 Å². The SMILES string of the molecule is CCCNCc1cn(CC(=O)Nc2ncccn2)nn1. The van der Waals surface area contributed by atoms with E-state index in [9.17, 15) is 4.79 Å². The van der Waals surface area contributed by atoms with E-state index in [-0.39, 0.29) is 18.4 Å². The number of rotatable bonds is 7. The smallest absolute Gasteiger partial charge is 0.248 e. The fraction of sp³-hybridized carbons (Fsp3) is 0.417. The Hall–Kier alpha value is -2.35. The number of anilines is 1. The van der Waals surface area contributed by atoms with E-state index in [4.69, 9.17) is 0 Å². The first-order valence-electron chi connectivity index (χ1n) is 6.44. The van der Waals surface area contributed by atoms with Crippen LogP contribution in [0.1, 0.15) is 19.0 Å². The second-order valence-corrected chi connectivity index (χ2v) is 4.20. The quantitative estimate of drug-likeness (QED) is 0.701. The zero-order chi connectivity index (χ0) is 14.2. The highest BCUT2D eigenvalue weighted by Crippen LogP contribution is 1.97. The van der Waals surface area contributed by atoms with Gasteiger partial charge in [-0.1, -0.05) is 12.1 Å². The average molecular weight is 275 g/mol. The molecule has 106 valence electrons. The van der Waals surface area contributed by atoms with Crippen molar-refractivity contribution in [2.24, 2.45) is 0 Å². The molecule has 0 unspecified atom stereocenters. The van der Waals surface area contributed by atoms with E-state index in [0.29, 0.717) is 6.54 Å². The summed E-state index contributed by atoms with van der Waals surface area (Å²) in [6.45, 7) is 3.76. The fourth-order valence-electron chi connectivity index (χ4n) is 1.57. The largest absolute Gasteiger partial charge is 0.311 e. The number of aromatic nitrogens is 5. The van der Waals surface area contributed by atoms with Crippen molar-refractivity contribution in [2.75, 3.05) is 11.9 Å². The maximum atomic E-state index is 11.8. The van der Waals surface area contributed by atoms with Gasteiger partial charge in [-0.3, -0.25) is 10.1 Å². The molecule has 2 aromatic heterocycles. The zero-order valence-electron chi connectivity index (χ0n) is 11.3. The van der Waals surface area contributed by atoms with E-state index < -0.39 is 0 Å². The molecule has 0 aromatic carbocycles. The molecule has 8 heteroatoms. The van der Waals surface area contributed by atoms with Gasteiger partial charge in [-0.2, -0.15) is 0 Å². The van der Waals surface area contributed by atoms with Crippen LogP contribution in [0, 0.1) is 0 Å². The molecule has 0 fully saturated rings. The first-order valence-corrected chi connectivity index (χ1v) is 6.44. The first kappa shape index (κ1) is 14.1. The Labute approximate surface area is 116 Å². The third-order valence-electron chi connectivity index (χ3n) is 2.44. The highest BCUT2D eigenvalue weighted by molar-refractivity contribution is 5.88. The molecule has 0 atom stereocenters. The van der Waals surface area contributed by atoms with Gasteiger partial charge in [-0.15, -0.1) is 5.10 Å². The maximum Gasteiger partial charge on any atom is 0.248 e. The molecular formula is C12H17N7O.